The molecule has 0 radical (unpaired) electrons. The quantitative estimate of drug-likeness (QED) is 0.313. The van der Waals surface area contributed by atoms with Crippen molar-refractivity contribution in [2.45, 2.75) is 19.3 Å². The van der Waals surface area contributed by atoms with Gasteiger partial charge in [0.15, 0.2) is 0 Å². The van der Waals surface area contributed by atoms with Crippen molar-refractivity contribution >= 4 is 13.6 Å². The molecular formula is C12H17O6P. The fourth-order valence-electron chi connectivity index (χ4n) is 1.45. The smallest absolute Gasteiger partial charge is 0.366 e. The highest BCUT2D eigenvalue weighted by molar-refractivity contribution is 7.53. The van der Waals surface area contributed by atoms with Crippen molar-refractivity contribution in [2.75, 3.05) is 12.8 Å². The molecule has 1 aromatic rings. The summed E-state index contributed by atoms with van der Waals surface area (Å²) in [5, 5.41) is 8.35. The Hall–Kier alpha value is -1.20. The predicted octanol–water partition coefficient (Wildman–Crippen LogP) is 2.23. The minimum absolute atomic E-state index is 0.150. The van der Waals surface area contributed by atoms with Gasteiger partial charge in [0, 0.05) is 0 Å². The number of hydrogen-bond donors (Lipinski definition) is 2. The number of unbranched alkanes of at least 4 members (excludes halogenated alkanes) is 1. The molecule has 1 aromatic carbocycles. The van der Waals surface area contributed by atoms with Crippen LogP contribution in [0.4, 0.5) is 0 Å². The Bertz CT molecular complexity index is 433. The highest BCUT2D eigenvalue weighted by atomic mass is 31.2. The molecule has 0 fully saturated rings. The third kappa shape index (κ3) is 7.74. The molecule has 0 aliphatic heterocycles. The summed E-state index contributed by atoms with van der Waals surface area (Å²) < 4.78 is 15.3. The zero-order valence-corrected chi connectivity index (χ0v) is 11.3. The van der Waals surface area contributed by atoms with Crippen LogP contribution in [0, 0.1) is 0 Å². The van der Waals surface area contributed by atoms with E-state index in [9.17, 15) is 9.36 Å². The van der Waals surface area contributed by atoms with Crippen molar-refractivity contribution in [3.05, 3.63) is 35.9 Å². The average Bonchev–Trinajstić information content (AvgIpc) is 2.33. The Kier molecular flexibility index (Phi) is 6.73. The normalized spacial score (nSPS) is 13.9. The van der Waals surface area contributed by atoms with Crippen LogP contribution in [0.5, 0.6) is 0 Å². The van der Waals surface area contributed by atoms with Crippen molar-refractivity contribution in [1.29, 1.82) is 0 Å². The molecule has 0 heterocycles. The van der Waals surface area contributed by atoms with Gasteiger partial charge in [0.2, 0.25) is 0 Å². The molecule has 0 saturated carbocycles. The minimum Gasteiger partial charge on any atom is -0.481 e. The first-order valence-corrected chi connectivity index (χ1v) is 7.64. The molecule has 0 aliphatic rings. The van der Waals surface area contributed by atoms with Crippen LogP contribution in [-0.2, 0) is 25.3 Å². The monoisotopic (exact) mass is 288 g/mol. The number of aryl methyl sites for hydroxylation is 1. The lowest BCUT2D eigenvalue weighted by Gasteiger charge is -2.08. The standard InChI is InChI=1S/C12H17O6P/c13-12(14)10-19(15,16)18-17-9-5-4-8-11-6-2-1-3-7-11/h1-3,6-7H,4-5,8-10H2,(H,13,14)(H,15,16). The van der Waals surface area contributed by atoms with E-state index in [0.29, 0.717) is 6.42 Å². The van der Waals surface area contributed by atoms with Gasteiger partial charge >= 0.3 is 13.6 Å². The molecule has 0 aliphatic carbocycles. The lowest BCUT2D eigenvalue weighted by molar-refractivity contribution is -0.213. The van der Waals surface area contributed by atoms with Gasteiger partial charge in [0.05, 0.1) is 6.61 Å². The van der Waals surface area contributed by atoms with Gasteiger partial charge in [0.1, 0.15) is 6.16 Å². The van der Waals surface area contributed by atoms with Crippen molar-refractivity contribution < 1.29 is 28.9 Å². The first-order chi connectivity index (χ1) is 8.99. The van der Waals surface area contributed by atoms with Crippen molar-refractivity contribution in [3.63, 3.8) is 0 Å². The zero-order chi connectivity index (χ0) is 14.1. The largest absolute Gasteiger partial charge is 0.481 e. The molecule has 6 nitrogen and oxygen atoms in total. The zero-order valence-electron chi connectivity index (χ0n) is 10.4. The molecular weight excluding hydrogens is 271 g/mol. The number of carboxylic acid groups (broad SMARTS) is 1. The maximum Gasteiger partial charge on any atom is 0.366 e. The topological polar surface area (TPSA) is 93.1 Å². The van der Waals surface area contributed by atoms with Crippen molar-refractivity contribution in [3.8, 4) is 0 Å². The van der Waals surface area contributed by atoms with Gasteiger partial charge in [0.25, 0.3) is 0 Å². The van der Waals surface area contributed by atoms with E-state index in [2.05, 4.69) is 9.56 Å². The maximum absolute atomic E-state index is 11.1. The Labute approximate surface area is 111 Å². The summed E-state index contributed by atoms with van der Waals surface area (Å²) >= 11 is 0. The predicted molar refractivity (Wildman–Crippen MR) is 68.7 cm³/mol. The summed E-state index contributed by atoms with van der Waals surface area (Å²) in [6.07, 6.45) is 1.43. The molecule has 0 bridgehead atoms. The molecule has 1 rings (SSSR count). The third-order valence-corrected chi connectivity index (χ3v) is 3.30. The number of carboxylic acids is 1. The highest BCUT2D eigenvalue weighted by Crippen LogP contribution is 2.41. The molecule has 0 amide bonds. The van der Waals surface area contributed by atoms with Crippen LogP contribution in [0.3, 0.4) is 0 Å². The minimum atomic E-state index is -4.18. The molecule has 19 heavy (non-hydrogen) atoms. The number of hydrogen-bond acceptors (Lipinski definition) is 4. The van der Waals surface area contributed by atoms with E-state index in [0.717, 1.165) is 12.8 Å². The van der Waals surface area contributed by atoms with E-state index in [1.165, 1.54) is 5.56 Å². The number of benzene rings is 1. The van der Waals surface area contributed by atoms with Crippen LogP contribution in [0.1, 0.15) is 18.4 Å². The molecule has 0 saturated heterocycles. The van der Waals surface area contributed by atoms with Crippen LogP contribution in [-0.4, -0.2) is 28.7 Å². The van der Waals surface area contributed by atoms with Crippen LogP contribution >= 0.6 is 7.60 Å². The van der Waals surface area contributed by atoms with Crippen molar-refractivity contribution in [1.82, 2.24) is 0 Å². The lowest BCUT2D eigenvalue weighted by atomic mass is 10.1. The van der Waals surface area contributed by atoms with Gasteiger partial charge in [-0.1, -0.05) is 30.3 Å². The summed E-state index contributed by atoms with van der Waals surface area (Å²) in [4.78, 5) is 23.8. The molecule has 0 spiro atoms. The average molecular weight is 288 g/mol. The fraction of sp³-hybridized carbons (Fsp3) is 0.417. The number of carbonyl (C=O) groups is 1. The molecule has 2 N–H and O–H groups in total. The van der Waals surface area contributed by atoms with Gasteiger partial charge in [-0.2, -0.15) is 0 Å². The second-order valence-corrected chi connectivity index (χ2v) is 5.77. The Morgan fingerprint density at radius 3 is 2.53 bits per heavy atom. The molecule has 0 aromatic heterocycles. The van der Waals surface area contributed by atoms with Gasteiger partial charge in [-0.3, -0.25) is 9.36 Å². The van der Waals surface area contributed by atoms with E-state index < -0.39 is 19.7 Å². The molecule has 7 heteroatoms. The SMILES string of the molecule is O=C(O)CP(=O)(O)OOCCCCc1ccccc1. The Morgan fingerprint density at radius 2 is 1.89 bits per heavy atom. The van der Waals surface area contributed by atoms with E-state index >= 15 is 0 Å². The molecule has 1 atom stereocenters. The van der Waals surface area contributed by atoms with Gasteiger partial charge < -0.3 is 10.00 Å². The molecule has 1 unspecified atom stereocenters. The van der Waals surface area contributed by atoms with E-state index in [-0.39, 0.29) is 6.61 Å². The highest BCUT2D eigenvalue weighted by Gasteiger charge is 2.24. The van der Waals surface area contributed by atoms with E-state index in [1.807, 2.05) is 30.3 Å². The Balaban J connectivity index is 2.08. The Morgan fingerprint density at radius 1 is 1.21 bits per heavy atom. The molecule has 106 valence electrons. The van der Waals surface area contributed by atoms with Crippen LogP contribution < -0.4 is 0 Å². The summed E-state index contributed by atoms with van der Waals surface area (Å²) in [5.74, 6) is -1.40. The number of aliphatic carboxylic acids is 1. The third-order valence-electron chi connectivity index (χ3n) is 2.29. The van der Waals surface area contributed by atoms with Crippen LogP contribution in [0.25, 0.3) is 0 Å². The lowest BCUT2D eigenvalue weighted by Crippen LogP contribution is -2.06. The summed E-state index contributed by atoms with van der Waals surface area (Å²) in [5.41, 5.74) is 1.21. The van der Waals surface area contributed by atoms with Crippen LogP contribution in [0.15, 0.2) is 30.3 Å². The van der Waals surface area contributed by atoms with Crippen LogP contribution in [0.2, 0.25) is 0 Å². The maximum atomic E-state index is 11.1. The summed E-state index contributed by atoms with van der Waals surface area (Å²) in [6.45, 7) is 0.150. The number of rotatable bonds is 9. The van der Waals surface area contributed by atoms with Gasteiger partial charge in [-0.15, -0.1) is 4.67 Å². The second kappa shape index (κ2) is 8.07. The fourth-order valence-corrected chi connectivity index (χ4v) is 2.09. The summed E-state index contributed by atoms with van der Waals surface area (Å²) in [7, 11) is -4.18. The van der Waals surface area contributed by atoms with Gasteiger partial charge in [-0.05, 0) is 24.8 Å². The summed E-state index contributed by atoms with van der Waals surface area (Å²) in [6, 6.07) is 9.91. The first-order valence-electron chi connectivity index (χ1n) is 5.88. The van der Waals surface area contributed by atoms with E-state index in [1.54, 1.807) is 0 Å². The second-order valence-electron chi connectivity index (χ2n) is 4.03. The van der Waals surface area contributed by atoms with Crippen molar-refractivity contribution in [2.24, 2.45) is 0 Å². The van der Waals surface area contributed by atoms with E-state index in [4.69, 9.17) is 10.00 Å². The van der Waals surface area contributed by atoms with Gasteiger partial charge in [-0.25, -0.2) is 4.89 Å². The first kappa shape index (κ1) is 15.9.